The standard InChI is InChI=1S/C18H25N5O2/c24-10-6-16-12-22(8-9-23(16)15-3-1-2-4-15)17-11-14(5-7-19-17)18-20-13-25-21-18/h5,7,11,13,15-16,24H,1-4,6,8-10,12H2/t16-/m0/s1. The van der Waals surface area contributed by atoms with E-state index in [1.165, 1.54) is 32.1 Å². The Morgan fingerprint density at radius 1 is 1.20 bits per heavy atom. The van der Waals surface area contributed by atoms with E-state index in [1.54, 1.807) is 6.20 Å². The van der Waals surface area contributed by atoms with Crippen LogP contribution >= 0.6 is 0 Å². The van der Waals surface area contributed by atoms with E-state index in [0.717, 1.165) is 37.4 Å². The number of hydrogen-bond donors (Lipinski definition) is 1. The summed E-state index contributed by atoms with van der Waals surface area (Å²) in [6, 6.07) is 5.00. The molecule has 1 saturated heterocycles. The van der Waals surface area contributed by atoms with E-state index >= 15 is 0 Å². The van der Waals surface area contributed by atoms with E-state index in [2.05, 4.69) is 24.9 Å². The molecule has 2 aliphatic rings. The van der Waals surface area contributed by atoms with Crippen molar-refractivity contribution >= 4 is 5.82 Å². The second-order valence-electron chi connectivity index (χ2n) is 6.95. The number of aromatic nitrogens is 3. The molecule has 1 N–H and O–H groups in total. The van der Waals surface area contributed by atoms with Crippen molar-refractivity contribution in [2.75, 3.05) is 31.1 Å². The Kier molecular flexibility index (Phi) is 4.94. The molecule has 134 valence electrons. The Morgan fingerprint density at radius 2 is 2.08 bits per heavy atom. The minimum atomic E-state index is 0.234. The number of aliphatic hydroxyl groups excluding tert-OH is 1. The van der Waals surface area contributed by atoms with Crippen LogP contribution in [-0.2, 0) is 0 Å². The molecule has 0 bridgehead atoms. The number of aliphatic hydroxyl groups is 1. The van der Waals surface area contributed by atoms with Crippen LogP contribution in [-0.4, -0.2) is 63.5 Å². The van der Waals surface area contributed by atoms with Gasteiger partial charge in [-0.05, 0) is 31.4 Å². The second kappa shape index (κ2) is 7.49. The van der Waals surface area contributed by atoms with Gasteiger partial charge in [-0.3, -0.25) is 4.90 Å². The van der Waals surface area contributed by atoms with Gasteiger partial charge in [0.2, 0.25) is 12.2 Å². The molecule has 25 heavy (non-hydrogen) atoms. The Bertz CT molecular complexity index is 672. The zero-order valence-electron chi connectivity index (χ0n) is 14.4. The molecule has 1 aliphatic heterocycles. The zero-order valence-corrected chi connectivity index (χ0v) is 14.4. The summed E-state index contributed by atoms with van der Waals surface area (Å²) >= 11 is 0. The third-order valence-electron chi connectivity index (χ3n) is 5.47. The van der Waals surface area contributed by atoms with Crippen molar-refractivity contribution in [1.82, 2.24) is 20.0 Å². The van der Waals surface area contributed by atoms with Crippen LogP contribution in [0.5, 0.6) is 0 Å². The summed E-state index contributed by atoms with van der Waals surface area (Å²) in [6.07, 6.45) is 9.23. The van der Waals surface area contributed by atoms with Crippen LogP contribution in [0.3, 0.4) is 0 Å². The molecule has 1 atom stereocenters. The van der Waals surface area contributed by atoms with E-state index in [1.807, 2.05) is 12.1 Å². The SMILES string of the molecule is OCC[C@H]1CN(c2cc(-c3ncon3)ccn2)CCN1C1CCCC1. The molecule has 0 unspecified atom stereocenters. The van der Waals surface area contributed by atoms with Gasteiger partial charge in [-0.1, -0.05) is 18.0 Å². The number of nitrogens with zero attached hydrogens (tertiary/aromatic N) is 5. The topological polar surface area (TPSA) is 78.5 Å². The van der Waals surface area contributed by atoms with Gasteiger partial charge in [-0.25, -0.2) is 4.98 Å². The van der Waals surface area contributed by atoms with Gasteiger partial charge in [0.25, 0.3) is 0 Å². The Morgan fingerprint density at radius 3 is 2.84 bits per heavy atom. The fourth-order valence-corrected chi connectivity index (χ4v) is 4.23. The lowest BCUT2D eigenvalue weighted by Gasteiger charge is -2.45. The highest BCUT2D eigenvalue weighted by atomic mass is 16.5. The summed E-state index contributed by atoms with van der Waals surface area (Å²) in [6.45, 7) is 3.13. The molecule has 0 amide bonds. The molecule has 7 nitrogen and oxygen atoms in total. The smallest absolute Gasteiger partial charge is 0.214 e. The molecule has 0 aromatic carbocycles. The first-order valence-electron chi connectivity index (χ1n) is 9.19. The van der Waals surface area contributed by atoms with Gasteiger partial charge >= 0.3 is 0 Å². The van der Waals surface area contributed by atoms with Gasteiger partial charge in [0.15, 0.2) is 0 Å². The molecule has 0 spiro atoms. The summed E-state index contributed by atoms with van der Waals surface area (Å²) in [7, 11) is 0. The average molecular weight is 343 g/mol. The molecule has 2 fully saturated rings. The third-order valence-corrected chi connectivity index (χ3v) is 5.47. The first-order valence-corrected chi connectivity index (χ1v) is 9.19. The minimum absolute atomic E-state index is 0.234. The highest BCUT2D eigenvalue weighted by Crippen LogP contribution is 2.29. The number of piperazine rings is 1. The minimum Gasteiger partial charge on any atom is -0.396 e. The van der Waals surface area contributed by atoms with E-state index in [-0.39, 0.29) is 6.61 Å². The van der Waals surface area contributed by atoms with Gasteiger partial charge in [0.1, 0.15) is 5.82 Å². The van der Waals surface area contributed by atoms with Crippen LogP contribution in [0.1, 0.15) is 32.1 Å². The van der Waals surface area contributed by atoms with Crippen molar-refractivity contribution in [1.29, 1.82) is 0 Å². The van der Waals surface area contributed by atoms with Crippen molar-refractivity contribution in [3.63, 3.8) is 0 Å². The maximum Gasteiger partial charge on any atom is 0.214 e. The van der Waals surface area contributed by atoms with Gasteiger partial charge in [0, 0.05) is 50.1 Å². The van der Waals surface area contributed by atoms with Crippen molar-refractivity contribution in [2.45, 2.75) is 44.2 Å². The van der Waals surface area contributed by atoms with E-state index < -0.39 is 0 Å². The summed E-state index contributed by atoms with van der Waals surface area (Å²) in [4.78, 5) is 13.6. The lowest BCUT2D eigenvalue weighted by molar-refractivity contribution is 0.0982. The van der Waals surface area contributed by atoms with Crippen molar-refractivity contribution in [3.8, 4) is 11.4 Å². The number of rotatable bonds is 5. The number of hydrogen-bond acceptors (Lipinski definition) is 7. The Balaban J connectivity index is 1.51. The summed E-state index contributed by atoms with van der Waals surface area (Å²) < 4.78 is 4.84. The maximum absolute atomic E-state index is 9.52. The van der Waals surface area contributed by atoms with Gasteiger partial charge in [-0.15, -0.1) is 0 Å². The van der Waals surface area contributed by atoms with Crippen LogP contribution in [0.15, 0.2) is 29.2 Å². The lowest BCUT2D eigenvalue weighted by atomic mass is 10.0. The summed E-state index contributed by atoms with van der Waals surface area (Å²) in [5.41, 5.74) is 0.913. The average Bonchev–Trinajstić information content (AvgIpc) is 3.36. The second-order valence-corrected chi connectivity index (χ2v) is 6.95. The normalized spacial score (nSPS) is 22.6. The highest BCUT2D eigenvalue weighted by Gasteiger charge is 2.33. The zero-order chi connectivity index (χ0) is 17.1. The Labute approximate surface area is 147 Å². The highest BCUT2D eigenvalue weighted by molar-refractivity contribution is 5.59. The third kappa shape index (κ3) is 3.52. The predicted molar refractivity (Wildman–Crippen MR) is 94.2 cm³/mol. The fourth-order valence-electron chi connectivity index (χ4n) is 4.23. The largest absolute Gasteiger partial charge is 0.396 e. The molecule has 1 aliphatic carbocycles. The molecule has 0 radical (unpaired) electrons. The molecular weight excluding hydrogens is 318 g/mol. The number of anilines is 1. The van der Waals surface area contributed by atoms with Crippen molar-refractivity contribution in [2.24, 2.45) is 0 Å². The lowest BCUT2D eigenvalue weighted by Crippen LogP contribution is -2.56. The molecule has 2 aromatic rings. The molecule has 2 aromatic heterocycles. The molecule has 3 heterocycles. The summed E-state index contributed by atoms with van der Waals surface area (Å²) in [5.74, 6) is 1.52. The quantitative estimate of drug-likeness (QED) is 0.889. The van der Waals surface area contributed by atoms with Crippen LogP contribution in [0.4, 0.5) is 5.82 Å². The Hall–Kier alpha value is -1.99. The van der Waals surface area contributed by atoms with E-state index in [9.17, 15) is 5.11 Å². The van der Waals surface area contributed by atoms with Crippen molar-refractivity contribution < 1.29 is 9.63 Å². The maximum atomic E-state index is 9.52. The van der Waals surface area contributed by atoms with E-state index in [0.29, 0.717) is 17.9 Å². The first kappa shape index (κ1) is 16.5. The predicted octanol–water partition coefficient (Wildman–Crippen LogP) is 1.95. The van der Waals surface area contributed by atoms with Crippen LogP contribution in [0.2, 0.25) is 0 Å². The molecule has 4 rings (SSSR count). The number of pyridine rings is 1. The van der Waals surface area contributed by atoms with Gasteiger partial charge in [-0.2, -0.15) is 4.98 Å². The van der Waals surface area contributed by atoms with Crippen LogP contribution in [0.25, 0.3) is 11.4 Å². The monoisotopic (exact) mass is 343 g/mol. The van der Waals surface area contributed by atoms with Crippen LogP contribution in [0, 0.1) is 0 Å². The van der Waals surface area contributed by atoms with Crippen molar-refractivity contribution in [3.05, 3.63) is 24.7 Å². The molecular formula is C18H25N5O2. The fraction of sp³-hybridized carbons (Fsp3) is 0.611. The molecule has 7 heteroatoms. The van der Waals surface area contributed by atoms with Gasteiger partial charge < -0.3 is 14.5 Å². The van der Waals surface area contributed by atoms with Gasteiger partial charge in [0.05, 0.1) is 0 Å². The van der Waals surface area contributed by atoms with E-state index in [4.69, 9.17) is 4.52 Å². The summed E-state index contributed by atoms with van der Waals surface area (Å²) in [5, 5.41) is 13.4. The van der Waals surface area contributed by atoms with Crippen LogP contribution < -0.4 is 4.90 Å². The molecule has 1 saturated carbocycles. The first-order chi connectivity index (χ1) is 12.3.